The number of halogens is 1. The van der Waals surface area contributed by atoms with E-state index in [1.165, 1.54) is 12.1 Å². The Morgan fingerprint density at radius 1 is 1.29 bits per heavy atom. The average Bonchev–Trinajstić information content (AvgIpc) is 3.10. The number of carbonyl (C=O) groups is 1. The Morgan fingerprint density at radius 3 is 2.59 bits per heavy atom. The summed E-state index contributed by atoms with van der Waals surface area (Å²) < 4.78 is 14.6. The van der Waals surface area contributed by atoms with Gasteiger partial charge in [-0.3, -0.25) is 4.79 Å². The molecule has 0 spiro atoms. The largest absolute Gasteiger partial charge is 0.298 e. The molecule has 0 atom stereocenters. The van der Waals surface area contributed by atoms with Crippen molar-refractivity contribution in [2.45, 2.75) is 18.8 Å². The van der Waals surface area contributed by atoms with Crippen LogP contribution in [0.4, 0.5) is 4.39 Å². The molecule has 1 aliphatic rings. The summed E-state index contributed by atoms with van der Waals surface area (Å²) in [4.78, 5) is 10.9. The molecule has 1 saturated carbocycles. The second-order valence-electron chi connectivity index (χ2n) is 4.27. The molecule has 86 valence electrons. The minimum Gasteiger partial charge on any atom is -0.298 e. The summed E-state index contributed by atoms with van der Waals surface area (Å²) in [6.45, 7) is 0. The van der Waals surface area contributed by atoms with Crippen LogP contribution in [-0.4, -0.2) is 16.1 Å². The Balaban J connectivity index is 2.10. The topological polar surface area (TPSA) is 34.9 Å². The lowest BCUT2D eigenvalue weighted by molar-refractivity contribution is 0.112. The zero-order valence-electron chi connectivity index (χ0n) is 9.14. The van der Waals surface area contributed by atoms with Gasteiger partial charge in [0.15, 0.2) is 6.29 Å². The summed E-state index contributed by atoms with van der Waals surface area (Å²) >= 11 is 0. The molecule has 17 heavy (non-hydrogen) atoms. The van der Waals surface area contributed by atoms with Crippen molar-refractivity contribution < 1.29 is 9.18 Å². The first kappa shape index (κ1) is 10.2. The fourth-order valence-electron chi connectivity index (χ4n) is 2.01. The molecule has 0 bridgehead atoms. The summed E-state index contributed by atoms with van der Waals surface area (Å²) in [7, 11) is 0. The molecule has 0 saturated heterocycles. The molecule has 0 aliphatic heterocycles. The molecule has 1 aromatic carbocycles. The first-order valence-electron chi connectivity index (χ1n) is 5.58. The van der Waals surface area contributed by atoms with Gasteiger partial charge < -0.3 is 0 Å². The van der Waals surface area contributed by atoms with Gasteiger partial charge in [0.2, 0.25) is 0 Å². The van der Waals surface area contributed by atoms with Crippen LogP contribution < -0.4 is 0 Å². The normalized spacial score (nSPS) is 14.9. The van der Waals surface area contributed by atoms with Crippen molar-refractivity contribution in [3.05, 3.63) is 47.5 Å². The number of carbonyl (C=O) groups excluding carboxylic acids is 1. The number of aromatic nitrogens is 2. The summed E-state index contributed by atoms with van der Waals surface area (Å²) in [5.41, 5.74) is 2.38. The maximum atomic E-state index is 12.9. The van der Waals surface area contributed by atoms with Crippen molar-refractivity contribution in [3.63, 3.8) is 0 Å². The van der Waals surface area contributed by atoms with E-state index in [1.54, 1.807) is 23.0 Å². The molecule has 1 fully saturated rings. The molecule has 4 heteroatoms. The van der Waals surface area contributed by atoms with Crippen molar-refractivity contribution >= 4 is 6.29 Å². The Morgan fingerprint density at radius 2 is 2.00 bits per heavy atom. The minimum atomic E-state index is -0.274. The summed E-state index contributed by atoms with van der Waals surface area (Å²) in [6.07, 6.45) is 4.59. The molecular weight excluding hydrogens is 219 g/mol. The van der Waals surface area contributed by atoms with Gasteiger partial charge in [-0.05, 0) is 37.1 Å². The first-order chi connectivity index (χ1) is 8.29. The van der Waals surface area contributed by atoms with Gasteiger partial charge in [-0.25, -0.2) is 9.07 Å². The van der Waals surface area contributed by atoms with Gasteiger partial charge in [0.25, 0.3) is 0 Å². The van der Waals surface area contributed by atoms with Gasteiger partial charge in [0.1, 0.15) is 5.82 Å². The average molecular weight is 230 g/mol. The minimum absolute atomic E-state index is 0.274. The number of hydrogen-bond acceptors (Lipinski definition) is 2. The highest BCUT2D eigenvalue weighted by Gasteiger charge is 2.30. The quantitative estimate of drug-likeness (QED) is 0.760. The predicted molar refractivity (Wildman–Crippen MR) is 60.9 cm³/mol. The first-order valence-corrected chi connectivity index (χ1v) is 5.58. The van der Waals surface area contributed by atoms with Crippen molar-refractivity contribution in [2.24, 2.45) is 0 Å². The Bertz CT molecular complexity index is 555. The van der Waals surface area contributed by atoms with Gasteiger partial charge in [-0.2, -0.15) is 5.10 Å². The van der Waals surface area contributed by atoms with E-state index in [2.05, 4.69) is 5.10 Å². The molecule has 0 unspecified atom stereocenters. The van der Waals surface area contributed by atoms with E-state index >= 15 is 0 Å². The molecule has 1 aliphatic carbocycles. The number of nitrogens with zero attached hydrogens (tertiary/aromatic N) is 2. The van der Waals surface area contributed by atoms with Crippen LogP contribution in [0.5, 0.6) is 0 Å². The lowest BCUT2D eigenvalue weighted by Crippen LogP contribution is -2.02. The monoisotopic (exact) mass is 230 g/mol. The van der Waals surface area contributed by atoms with Crippen LogP contribution in [0.25, 0.3) is 5.69 Å². The van der Waals surface area contributed by atoms with E-state index in [4.69, 9.17) is 0 Å². The zero-order chi connectivity index (χ0) is 11.8. The molecule has 0 amide bonds. The highest BCUT2D eigenvalue weighted by molar-refractivity contribution is 5.77. The fourth-order valence-corrected chi connectivity index (χ4v) is 2.01. The number of hydrogen-bond donors (Lipinski definition) is 0. The van der Waals surface area contributed by atoms with Gasteiger partial charge in [-0.15, -0.1) is 0 Å². The standard InChI is InChI=1S/C13H11FN2O/c14-11-3-5-12(6-4-11)16-13(9-1-2-9)10(8-17)7-15-16/h3-9H,1-2H2. The lowest BCUT2D eigenvalue weighted by atomic mass is 10.2. The van der Waals surface area contributed by atoms with Crippen molar-refractivity contribution in [2.75, 3.05) is 0 Å². The van der Waals surface area contributed by atoms with Crippen molar-refractivity contribution in [1.82, 2.24) is 9.78 Å². The third kappa shape index (κ3) is 1.75. The number of benzene rings is 1. The van der Waals surface area contributed by atoms with E-state index in [0.29, 0.717) is 11.5 Å². The molecular formula is C13H11FN2O. The smallest absolute Gasteiger partial charge is 0.153 e. The fraction of sp³-hybridized carbons (Fsp3) is 0.231. The Labute approximate surface area is 97.9 Å². The molecule has 3 nitrogen and oxygen atoms in total. The van der Waals surface area contributed by atoms with Crippen molar-refractivity contribution in [3.8, 4) is 5.69 Å². The molecule has 1 heterocycles. The van der Waals surface area contributed by atoms with Crippen LogP contribution in [-0.2, 0) is 0 Å². The Kier molecular flexibility index (Phi) is 2.28. The maximum Gasteiger partial charge on any atom is 0.153 e. The van der Waals surface area contributed by atoms with Crippen LogP contribution in [0.3, 0.4) is 0 Å². The molecule has 2 aromatic rings. The number of aldehydes is 1. The molecule has 1 aromatic heterocycles. The number of rotatable bonds is 3. The third-order valence-electron chi connectivity index (χ3n) is 3.00. The Hall–Kier alpha value is -1.97. The maximum absolute atomic E-state index is 12.9. The van der Waals surface area contributed by atoms with Crippen molar-refractivity contribution in [1.29, 1.82) is 0 Å². The van der Waals surface area contributed by atoms with E-state index < -0.39 is 0 Å². The highest BCUT2D eigenvalue weighted by Crippen LogP contribution is 2.42. The van der Waals surface area contributed by atoms with Gasteiger partial charge in [0, 0.05) is 5.92 Å². The van der Waals surface area contributed by atoms with E-state index in [1.807, 2.05) is 0 Å². The SMILES string of the molecule is O=Cc1cnn(-c2ccc(F)cc2)c1C1CC1. The molecule has 0 radical (unpaired) electrons. The van der Waals surface area contributed by atoms with Crippen LogP contribution in [0, 0.1) is 5.82 Å². The van der Waals surface area contributed by atoms with E-state index in [9.17, 15) is 9.18 Å². The lowest BCUT2D eigenvalue weighted by Gasteiger charge is -2.06. The van der Waals surface area contributed by atoms with Crippen LogP contribution >= 0.6 is 0 Å². The second-order valence-corrected chi connectivity index (χ2v) is 4.27. The van der Waals surface area contributed by atoms with Gasteiger partial charge >= 0.3 is 0 Å². The predicted octanol–water partition coefficient (Wildman–Crippen LogP) is 2.70. The highest BCUT2D eigenvalue weighted by atomic mass is 19.1. The summed E-state index contributed by atoms with van der Waals surface area (Å²) in [5, 5.41) is 4.21. The molecule has 3 rings (SSSR count). The second kappa shape index (κ2) is 3.80. The van der Waals surface area contributed by atoms with Gasteiger partial charge in [-0.1, -0.05) is 0 Å². The van der Waals surface area contributed by atoms with Crippen LogP contribution in [0.1, 0.15) is 34.8 Å². The van der Waals surface area contributed by atoms with Crippen LogP contribution in [0.15, 0.2) is 30.5 Å². The zero-order valence-corrected chi connectivity index (χ0v) is 9.14. The summed E-state index contributed by atoms with van der Waals surface area (Å²) in [5.74, 6) is 0.146. The summed E-state index contributed by atoms with van der Waals surface area (Å²) in [6, 6.07) is 6.13. The van der Waals surface area contributed by atoms with Crippen LogP contribution in [0.2, 0.25) is 0 Å². The van der Waals surface area contributed by atoms with Gasteiger partial charge in [0.05, 0.1) is 23.1 Å². The molecule has 0 N–H and O–H groups in total. The van der Waals surface area contributed by atoms with E-state index in [0.717, 1.165) is 30.5 Å². The van der Waals surface area contributed by atoms with E-state index in [-0.39, 0.29) is 5.82 Å². The third-order valence-corrected chi connectivity index (χ3v) is 3.00.